The van der Waals surface area contributed by atoms with Crippen molar-refractivity contribution in [3.8, 4) is 24.3 Å². The Morgan fingerprint density at radius 2 is 1.04 bits per heavy atom. The lowest BCUT2D eigenvalue weighted by atomic mass is 9.94. The molecule has 0 aromatic carbocycles. The SMILES string of the molecule is N#C/C(=C1\C(c2nc3ccccn3n2)=CC2=C1C=C(c1nc3ccccn3n1)/C2=C(\C#N)c1ccc(C#N)o1)c1ccc(C#N)o1. The molecular weight excluding hydrogens is 580 g/mol. The minimum absolute atomic E-state index is 0.0435. The van der Waals surface area contributed by atoms with Crippen molar-refractivity contribution in [2.45, 2.75) is 0 Å². The largest absolute Gasteiger partial charge is 0.445 e. The van der Waals surface area contributed by atoms with Crippen LogP contribution >= 0.6 is 0 Å². The molecule has 6 heterocycles. The van der Waals surface area contributed by atoms with E-state index in [9.17, 15) is 21.0 Å². The van der Waals surface area contributed by atoms with Gasteiger partial charge in [-0.15, -0.1) is 10.2 Å². The summed E-state index contributed by atoms with van der Waals surface area (Å²) in [6.07, 6.45) is 7.15. The molecule has 0 aliphatic heterocycles. The van der Waals surface area contributed by atoms with Crippen LogP contribution in [-0.2, 0) is 0 Å². The van der Waals surface area contributed by atoms with E-state index in [4.69, 9.17) is 18.8 Å². The molecule has 6 aromatic heterocycles. The van der Waals surface area contributed by atoms with Gasteiger partial charge in [-0.2, -0.15) is 21.0 Å². The number of pyridine rings is 2. The van der Waals surface area contributed by atoms with Gasteiger partial charge in [0.05, 0.1) is 0 Å². The highest BCUT2D eigenvalue weighted by atomic mass is 16.3. The van der Waals surface area contributed by atoms with Gasteiger partial charge in [0.1, 0.15) is 46.9 Å². The highest BCUT2D eigenvalue weighted by Gasteiger charge is 2.38. The predicted octanol–water partition coefficient (Wildman–Crippen LogP) is 5.45. The van der Waals surface area contributed by atoms with Crippen molar-refractivity contribution in [1.29, 1.82) is 21.0 Å². The van der Waals surface area contributed by atoms with E-state index >= 15 is 0 Å². The maximum atomic E-state index is 10.5. The smallest absolute Gasteiger partial charge is 0.204 e. The van der Waals surface area contributed by atoms with Crippen LogP contribution in [0.15, 0.2) is 116 Å². The van der Waals surface area contributed by atoms with E-state index in [2.05, 4.69) is 22.3 Å². The van der Waals surface area contributed by atoms with Crippen LogP contribution in [0.5, 0.6) is 0 Å². The Labute approximate surface area is 258 Å². The van der Waals surface area contributed by atoms with Crippen LogP contribution in [0.2, 0.25) is 0 Å². The molecular formula is C34H14N10O2. The monoisotopic (exact) mass is 594 g/mol. The fourth-order valence-corrected chi connectivity index (χ4v) is 5.61. The van der Waals surface area contributed by atoms with E-state index in [0.29, 0.717) is 56.4 Å². The standard InChI is InChI=1S/C34H14N10O2/c35-15-19-7-9-27(45-19)25(17-37)31-22-14-24(34-40-30-6-2-4-12-44(30)42-34)32(26(18-38)28-10-8-20(16-36)46-28)21(22)13-23(31)33-39-29-5-1-3-11-43(29)41-33/h1-14H/b31-25+,32-26+. The zero-order valence-electron chi connectivity index (χ0n) is 23.4. The van der Waals surface area contributed by atoms with E-state index in [0.717, 1.165) is 0 Å². The molecule has 2 aliphatic rings. The summed E-state index contributed by atoms with van der Waals surface area (Å²) in [6.45, 7) is 0. The Hall–Kier alpha value is -7.54. The van der Waals surface area contributed by atoms with Crippen LogP contribution in [0.4, 0.5) is 0 Å². The Bertz CT molecular complexity index is 2390. The summed E-state index contributed by atoms with van der Waals surface area (Å²) in [7, 11) is 0. The van der Waals surface area contributed by atoms with Gasteiger partial charge in [0.15, 0.2) is 22.9 Å². The lowest BCUT2D eigenvalue weighted by Crippen LogP contribution is -1.98. The van der Waals surface area contributed by atoms with E-state index in [1.54, 1.807) is 33.6 Å². The quantitative estimate of drug-likeness (QED) is 0.238. The van der Waals surface area contributed by atoms with E-state index in [1.165, 1.54) is 12.1 Å². The third-order valence-electron chi connectivity index (χ3n) is 7.56. The van der Waals surface area contributed by atoms with Gasteiger partial charge in [-0.05, 0) is 71.8 Å². The molecule has 0 N–H and O–H groups in total. The molecule has 2 aliphatic carbocycles. The third-order valence-corrected chi connectivity index (χ3v) is 7.56. The summed E-state index contributed by atoms with van der Waals surface area (Å²) >= 11 is 0. The molecule has 12 heteroatoms. The second kappa shape index (κ2) is 10.0. The Morgan fingerprint density at radius 3 is 1.41 bits per heavy atom. The number of nitriles is 4. The third kappa shape index (κ3) is 3.90. The molecule has 46 heavy (non-hydrogen) atoms. The van der Waals surface area contributed by atoms with Crippen molar-refractivity contribution < 1.29 is 8.83 Å². The molecule has 0 fully saturated rings. The van der Waals surface area contributed by atoms with Crippen molar-refractivity contribution in [3.63, 3.8) is 0 Å². The van der Waals surface area contributed by atoms with Crippen LogP contribution in [-0.4, -0.2) is 29.2 Å². The fraction of sp³-hybridized carbons (Fsp3) is 0. The molecule has 0 radical (unpaired) electrons. The minimum atomic E-state index is 0.0435. The average Bonchev–Trinajstić information content (AvgIpc) is 3.93. The number of aromatic nitrogens is 6. The van der Waals surface area contributed by atoms with Crippen LogP contribution in [0.1, 0.15) is 34.7 Å². The van der Waals surface area contributed by atoms with Gasteiger partial charge < -0.3 is 8.83 Å². The lowest BCUT2D eigenvalue weighted by Gasteiger charge is -2.09. The molecule has 212 valence electrons. The number of hydrogen-bond donors (Lipinski definition) is 0. The predicted molar refractivity (Wildman–Crippen MR) is 161 cm³/mol. The Balaban J connectivity index is 1.44. The van der Waals surface area contributed by atoms with Gasteiger partial charge in [-0.3, -0.25) is 0 Å². The van der Waals surface area contributed by atoms with Crippen LogP contribution in [0, 0.1) is 45.3 Å². The molecule has 0 atom stereocenters. The molecule has 12 nitrogen and oxygen atoms in total. The molecule has 0 unspecified atom stereocenters. The lowest BCUT2D eigenvalue weighted by molar-refractivity contribution is 0.540. The maximum absolute atomic E-state index is 10.5. The highest BCUT2D eigenvalue weighted by molar-refractivity contribution is 6.10. The van der Waals surface area contributed by atoms with Crippen LogP contribution in [0.3, 0.4) is 0 Å². The Morgan fingerprint density at radius 1 is 0.587 bits per heavy atom. The maximum Gasteiger partial charge on any atom is 0.204 e. The zero-order valence-corrected chi connectivity index (χ0v) is 23.4. The van der Waals surface area contributed by atoms with E-state index in [1.807, 2.05) is 60.7 Å². The molecule has 0 saturated carbocycles. The average molecular weight is 595 g/mol. The topological polar surface area (TPSA) is 182 Å². The summed E-state index contributed by atoms with van der Waals surface area (Å²) in [5.41, 5.74) is 4.50. The number of hydrogen-bond acceptors (Lipinski definition) is 10. The summed E-state index contributed by atoms with van der Waals surface area (Å²) in [6, 6.07) is 25.5. The highest BCUT2D eigenvalue weighted by Crippen LogP contribution is 2.52. The summed E-state index contributed by atoms with van der Waals surface area (Å²) in [5, 5.41) is 49.3. The molecule has 0 saturated heterocycles. The van der Waals surface area contributed by atoms with Crippen molar-refractivity contribution in [1.82, 2.24) is 29.2 Å². The van der Waals surface area contributed by atoms with Crippen molar-refractivity contribution in [3.05, 3.63) is 142 Å². The van der Waals surface area contributed by atoms with Crippen molar-refractivity contribution in [2.24, 2.45) is 0 Å². The second-order valence-electron chi connectivity index (χ2n) is 10.1. The van der Waals surface area contributed by atoms with Gasteiger partial charge in [-0.1, -0.05) is 12.1 Å². The van der Waals surface area contributed by atoms with E-state index in [-0.39, 0.29) is 34.2 Å². The summed E-state index contributed by atoms with van der Waals surface area (Å²) < 4.78 is 14.7. The molecule has 0 spiro atoms. The number of furan rings is 2. The molecule has 6 aromatic rings. The first kappa shape index (κ1) is 26.1. The van der Waals surface area contributed by atoms with Crippen LogP contribution < -0.4 is 0 Å². The van der Waals surface area contributed by atoms with E-state index < -0.39 is 0 Å². The van der Waals surface area contributed by atoms with Gasteiger partial charge in [0.2, 0.25) is 11.5 Å². The van der Waals surface area contributed by atoms with Gasteiger partial charge in [0.25, 0.3) is 0 Å². The van der Waals surface area contributed by atoms with Gasteiger partial charge in [-0.25, -0.2) is 19.0 Å². The number of nitrogens with zero attached hydrogens (tertiary/aromatic N) is 10. The number of allylic oxidation sites excluding steroid dienone is 10. The van der Waals surface area contributed by atoms with Gasteiger partial charge >= 0.3 is 0 Å². The first-order chi connectivity index (χ1) is 22.6. The fourth-order valence-electron chi connectivity index (χ4n) is 5.61. The summed E-state index contributed by atoms with van der Waals surface area (Å²) in [4.78, 5) is 9.44. The zero-order chi connectivity index (χ0) is 31.4. The minimum Gasteiger partial charge on any atom is -0.445 e. The second-order valence-corrected chi connectivity index (χ2v) is 10.1. The molecule has 0 amide bonds. The normalized spacial score (nSPS) is 16.0. The first-order valence-electron chi connectivity index (χ1n) is 13.7. The van der Waals surface area contributed by atoms with Gasteiger partial charge in [0, 0.05) is 34.7 Å². The summed E-state index contributed by atoms with van der Waals surface area (Å²) in [5.74, 6) is 1.11. The van der Waals surface area contributed by atoms with Crippen molar-refractivity contribution in [2.75, 3.05) is 0 Å². The van der Waals surface area contributed by atoms with Crippen molar-refractivity contribution >= 4 is 33.6 Å². The molecule has 0 bridgehead atoms. The number of fused-ring (bicyclic) bond motifs is 2. The molecule has 8 rings (SSSR count). The number of rotatable bonds is 4. The Kier molecular flexibility index (Phi) is 5.69. The first-order valence-corrected chi connectivity index (χ1v) is 13.7. The van der Waals surface area contributed by atoms with Crippen LogP contribution in [0.25, 0.3) is 33.6 Å².